The van der Waals surface area contributed by atoms with Gasteiger partial charge in [0.05, 0.1) is 0 Å². The molecule has 0 aromatic heterocycles. The molecule has 1 amide bonds. The molecule has 1 atom stereocenters. The molecule has 1 N–H and O–H groups in total. The van der Waals surface area contributed by atoms with Crippen LogP contribution in [-0.4, -0.2) is 25.3 Å². The SMILES string of the molecule is C#CCS(=O)(=O)C(C)C(=O)Nc1cc(C)ccc1C. The van der Waals surface area contributed by atoms with Crippen LogP contribution in [0.5, 0.6) is 0 Å². The molecule has 4 nitrogen and oxygen atoms in total. The fourth-order valence-electron chi connectivity index (χ4n) is 1.51. The summed E-state index contributed by atoms with van der Waals surface area (Å²) >= 11 is 0. The third-order valence-electron chi connectivity index (χ3n) is 2.84. The lowest BCUT2D eigenvalue weighted by molar-refractivity contribution is -0.115. The summed E-state index contributed by atoms with van der Waals surface area (Å²) in [5.74, 6) is 1.06. The third kappa shape index (κ3) is 3.83. The van der Waals surface area contributed by atoms with E-state index in [4.69, 9.17) is 6.42 Å². The number of carbonyl (C=O) groups excluding carboxylic acids is 1. The largest absolute Gasteiger partial charge is 0.325 e. The number of carbonyl (C=O) groups is 1. The van der Waals surface area contributed by atoms with Crippen LogP contribution in [0.1, 0.15) is 18.1 Å². The Morgan fingerprint density at radius 1 is 1.42 bits per heavy atom. The van der Waals surface area contributed by atoms with E-state index in [2.05, 4.69) is 11.2 Å². The first-order valence-electron chi connectivity index (χ1n) is 5.81. The number of hydrogen-bond acceptors (Lipinski definition) is 3. The van der Waals surface area contributed by atoms with E-state index in [1.54, 1.807) is 6.07 Å². The van der Waals surface area contributed by atoms with Crippen LogP contribution in [0.25, 0.3) is 0 Å². The van der Waals surface area contributed by atoms with Crippen LogP contribution in [0.15, 0.2) is 18.2 Å². The molecule has 1 rings (SSSR count). The molecule has 0 saturated heterocycles. The summed E-state index contributed by atoms with van der Waals surface area (Å²) in [6, 6.07) is 5.59. The number of hydrogen-bond donors (Lipinski definition) is 1. The number of terminal acetylenes is 1. The third-order valence-corrected chi connectivity index (χ3v) is 4.70. The minimum Gasteiger partial charge on any atom is -0.325 e. The standard InChI is InChI=1S/C14H17NO3S/c1-5-8-19(17,18)12(4)14(16)15-13-9-10(2)6-7-11(13)3/h1,6-7,9,12H,8H2,2-4H3,(H,15,16). The number of sulfone groups is 1. The van der Waals surface area contributed by atoms with Crippen molar-refractivity contribution >= 4 is 21.4 Å². The van der Waals surface area contributed by atoms with Crippen molar-refractivity contribution in [1.82, 2.24) is 0 Å². The second kappa shape index (κ2) is 5.89. The summed E-state index contributed by atoms with van der Waals surface area (Å²) in [6.07, 6.45) is 4.99. The Bertz CT molecular complexity index is 627. The monoisotopic (exact) mass is 279 g/mol. The Morgan fingerprint density at radius 2 is 2.05 bits per heavy atom. The minimum absolute atomic E-state index is 0.436. The van der Waals surface area contributed by atoms with Gasteiger partial charge in [-0.3, -0.25) is 4.79 Å². The number of amides is 1. The zero-order valence-electron chi connectivity index (χ0n) is 11.2. The highest BCUT2D eigenvalue weighted by Crippen LogP contribution is 2.17. The Hall–Kier alpha value is -1.80. The molecule has 0 saturated carbocycles. The summed E-state index contributed by atoms with van der Waals surface area (Å²) in [6.45, 7) is 5.08. The lowest BCUT2D eigenvalue weighted by atomic mass is 10.1. The first kappa shape index (κ1) is 15.3. The van der Waals surface area contributed by atoms with Crippen LogP contribution in [0.4, 0.5) is 5.69 Å². The van der Waals surface area contributed by atoms with Gasteiger partial charge in [-0.25, -0.2) is 8.42 Å². The van der Waals surface area contributed by atoms with Crippen molar-refractivity contribution in [3.05, 3.63) is 29.3 Å². The van der Waals surface area contributed by atoms with Crippen molar-refractivity contribution in [2.24, 2.45) is 0 Å². The van der Waals surface area contributed by atoms with E-state index in [9.17, 15) is 13.2 Å². The van der Waals surface area contributed by atoms with Crippen LogP contribution in [0.2, 0.25) is 0 Å². The van der Waals surface area contributed by atoms with Gasteiger partial charge in [-0.2, -0.15) is 0 Å². The van der Waals surface area contributed by atoms with Gasteiger partial charge in [0.1, 0.15) is 11.0 Å². The fraction of sp³-hybridized carbons (Fsp3) is 0.357. The van der Waals surface area contributed by atoms with Crippen LogP contribution in [-0.2, 0) is 14.6 Å². The summed E-state index contributed by atoms with van der Waals surface area (Å²) in [7, 11) is -3.60. The van der Waals surface area contributed by atoms with E-state index < -0.39 is 26.7 Å². The Morgan fingerprint density at radius 3 is 2.63 bits per heavy atom. The molecule has 5 heteroatoms. The molecule has 1 aromatic carbocycles. The van der Waals surface area contributed by atoms with Crippen LogP contribution >= 0.6 is 0 Å². The van der Waals surface area contributed by atoms with Gasteiger partial charge >= 0.3 is 0 Å². The predicted molar refractivity (Wildman–Crippen MR) is 76.6 cm³/mol. The predicted octanol–water partition coefficient (Wildman–Crippen LogP) is 1.68. The van der Waals surface area contributed by atoms with E-state index in [1.807, 2.05) is 26.0 Å². The average Bonchev–Trinajstić information content (AvgIpc) is 2.32. The normalized spacial score (nSPS) is 12.5. The van der Waals surface area contributed by atoms with E-state index in [1.165, 1.54) is 6.92 Å². The quantitative estimate of drug-likeness (QED) is 0.853. The first-order chi connectivity index (χ1) is 8.77. The number of benzene rings is 1. The Balaban J connectivity index is 2.92. The molecule has 102 valence electrons. The van der Waals surface area contributed by atoms with Gasteiger partial charge in [0.25, 0.3) is 0 Å². The fourth-order valence-corrected chi connectivity index (χ4v) is 2.38. The molecule has 1 unspecified atom stereocenters. The van der Waals surface area contributed by atoms with Crippen molar-refractivity contribution in [2.75, 3.05) is 11.1 Å². The van der Waals surface area contributed by atoms with Crippen molar-refractivity contribution in [3.63, 3.8) is 0 Å². The highest BCUT2D eigenvalue weighted by molar-refractivity contribution is 7.93. The van der Waals surface area contributed by atoms with Gasteiger partial charge in [-0.1, -0.05) is 18.1 Å². The van der Waals surface area contributed by atoms with E-state index in [0.717, 1.165) is 11.1 Å². The topological polar surface area (TPSA) is 63.2 Å². The zero-order chi connectivity index (χ0) is 14.6. The Kier molecular flexibility index (Phi) is 4.73. The second-order valence-electron chi connectivity index (χ2n) is 4.46. The molecule has 0 aliphatic heterocycles. The molecule has 19 heavy (non-hydrogen) atoms. The van der Waals surface area contributed by atoms with Crippen LogP contribution in [0, 0.1) is 26.2 Å². The number of rotatable bonds is 4. The maximum atomic E-state index is 11.9. The maximum Gasteiger partial charge on any atom is 0.242 e. The lowest BCUT2D eigenvalue weighted by Gasteiger charge is -2.13. The molecular formula is C14H17NO3S. The highest BCUT2D eigenvalue weighted by Gasteiger charge is 2.27. The number of nitrogens with one attached hydrogen (secondary N) is 1. The average molecular weight is 279 g/mol. The molecular weight excluding hydrogens is 262 g/mol. The zero-order valence-corrected chi connectivity index (χ0v) is 12.0. The summed E-state index contributed by atoms with van der Waals surface area (Å²) in [5, 5.41) is 1.47. The lowest BCUT2D eigenvalue weighted by Crippen LogP contribution is -2.34. The molecule has 0 heterocycles. The van der Waals surface area contributed by atoms with Crippen LogP contribution < -0.4 is 5.32 Å². The van der Waals surface area contributed by atoms with E-state index in [-0.39, 0.29) is 0 Å². The maximum absolute atomic E-state index is 11.9. The Labute approximate surface area is 114 Å². The van der Waals surface area contributed by atoms with Crippen molar-refractivity contribution < 1.29 is 13.2 Å². The highest BCUT2D eigenvalue weighted by atomic mass is 32.2. The molecule has 0 spiro atoms. The van der Waals surface area contributed by atoms with E-state index >= 15 is 0 Å². The molecule has 0 radical (unpaired) electrons. The van der Waals surface area contributed by atoms with Crippen molar-refractivity contribution in [1.29, 1.82) is 0 Å². The minimum atomic E-state index is -3.60. The van der Waals surface area contributed by atoms with Gasteiger partial charge in [-0.05, 0) is 38.0 Å². The summed E-state index contributed by atoms with van der Waals surface area (Å²) in [4.78, 5) is 11.9. The smallest absolute Gasteiger partial charge is 0.242 e. The van der Waals surface area contributed by atoms with Gasteiger partial charge < -0.3 is 5.32 Å². The van der Waals surface area contributed by atoms with Gasteiger partial charge in [0, 0.05) is 5.69 Å². The number of aryl methyl sites for hydroxylation is 2. The number of anilines is 1. The second-order valence-corrected chi connectivity index (χ2v) is 6.78. The van der Waals surface area contributed by atoms with Crippen molar-refractivity contribution in [2.45, 2.75) is 26.0 Å². The molecule has 1 aromatic rings. The molecule has 0 fully saturated rings. The van der Waals surface area contributed by atoms with E-state index in [0.29, 0.717) is 5.69 Å². The van der Waals surface area contributed by atoms with Gasteiger partial charge in [0.2, 0.25) is 5.91 Å². The van der Waals surface area contributed by atoms with Gasteiger partial charge in [0.15, 0.2) is 9.84 Å². The van der Waals surface area contributed by atoms with Crippen molar-refractivity contribution in [3.8, 4) is 12.3 Å². The van der Waals surface area contributed by atoms with Crippen LogP contribution in [0.3, 0.4) is 0 Å². The molecule has 0 bridgehead atoms. The summed E-state index contributed by atoms with van der Waals surface area (Å²) < 4.78 is 23.4. The van der Waals surface area contributed by atoms with Gasteiger partial charge in [-0.15, -0.1) is 6.42 Å². The summed E-state index contributed by atoms with van der Waals surface area (Å²) in [5.41, 5.74) is 2.48. The molecule has 0 aliphatic rings. The first-order valence-corrected chi connectivity index (χ1v) is 7.52. The molecule has 0 aliphatic carbocycles.